The Morgan fingerprint density at radius 3 is 2.88 bits per heavy atom. The van der Waals surface area contributed by atoms with Gasteiger partial charge in [0.15, 0.2) is 5.82 Å². The van der Waals surface area contributed by atoms with E-state index in [1.54, 1.807) is 0 Å². The van der Waals surface area contributed by atoms with Crippen LogP contribution in [0.25, 0.3) is 0 Å². The van der Waals surface area contributed by atoms with E-state index in [4.69, 9.17) is 17.3 Å². The Balaban J connectivity index is 2.17. The molecule has 1 aliphatic heterocycles. The monoisotopic (exact) mass is 241 g/mol. The van der Waals surface area contributed by atoms with Crippen molar-refractivity contribution in [3.8, 4) is 0 Å². The van der Waals surface area contributed by atoms with Gasteiger partial charge in [-0.3, -0.25) is 0 Å². The predicted octanol–water partition coefficient (Wildman–Crippen LogP) is 0.852. The van der Waals surface area contributed by atoms with Crippen molar-refractivity contribution < 1.29 is 0 Å². The molecule has 0 radical (unpaired) electrons. The van der Waals surface area contributed by atoms with Crippen LogP contribution in [0.15, 0.2) is 6.33 Å². The zero-order valence-electron chi connectivity index (χ0n) is 9.52. The molecule has 1 aromatic heterocycles. The number of likely N-dealkylation sites (N-methyl/N-ethyl adjacent to an activating group) is 1. The van der Waals surface area contributed by atoms with Crippen LogP contribution in [0, 0.1) is 0 Å². The third kappa shape index (κ3) is 2.05. The van der Waals surface area contributed by atoms with E-state index < -0.39 is 0 Å². The lowest BCUT2D eigenvalue weighted by molar-refractivity contribution is 0.315. The Hall–Kier alpha value is -1.07. The van der Waals surface area contributed by atoms with Gasteiger partial charge in [-0.15, -0.1) is 0 Å². The van der Waals surface area contributed by atoms with E-state index in [9.17, 15) is 0 Å². The van der Waals surface area contributed by atoms with Gasteiger partial charge in [-0.1, -0.05) is 11.6 Å². The van der Waals surface area contributed by atoms with Gasteiger partial charge in [0, 0.05) is 19.1 Å². The number of aromatic nitrogens is 2. The first-order valence-corrected chi connectivity index (χ1v) is 5.64. The first kappa shape index (κ1) is 11.4. The maximum Gasteiger partial charge on any atom is 0.153 e. The fourth-order valence-electron chi connectivity index (χ4n) is 1.95. The first-order valence-electron chi connectivity index (χ1n) is 5.27. The highest BCUT2D eigenvalue weighted by Crippen LogP contribution is 2.29. The topological polar surface area (TPSA) is 58.3 Å². The van der Waals surface area contributed by atoms with Gasteiger partial charge in [-0.25, -0.2) is 9.97 Å². The minimum Gasteiger partial charge on any atom is -0.382 e. The summed E-state index contributed by atoms with van der Waals surface area (Å²) in [5, 5.41) is 0.460. The third-order valence-corrected chi connectivity index (χ3v) is 3.35. The maximum absolute atomic E-state index is 6.10. The largest absolute Gasteiger partial charge is 0.382 e. The van der Waals surface area contributed by atoms with E-state index in [2.05, 4.69) is 33.9 Å². The number of nitrogens with zero attached hydrogens (tertiary/aromatic N) is 4. The number of rotatable bonds is 2. The lowest BCUT2D eigenvalue weighted by atomic mass is 10.2. The molecular weight excluding hydrogens is 226 g/mol. The Morgan fingerprint density at radius 1 is 1.50 bits per heavy atom. The molecule has 1 saturated heterocycles. The molecule has 0 aromatic carbocycles. The van der Waals surface area contributed by atoms with Crippen LogP contribution in [0.5, 0.6) is 0 Å². The van der Waals surface area contributed by atoms with Gasteiger partial charge in [0.2, 0.25) is 0 Å². The van der Waals surface area contributed by atoms with Gasteiger partial charge < -0.3 is 15.5 Å². The van der Waals surface area contributed by atoms with Crippen LogP contribution in [0.1, 0.15) is 6.42 Å². The van der Waals surface area contributed by atoms with E-state index in [0.29, 0.717) is 16.9 Å². The molecule has 1 unspecified atom stereocenters. The number of halogens is 1. The van der Waals surface area contributed by atoms with Crippen LogP contribution in [0.4, 0.5) is 11.6 Å². The molecular formula is C10H16ClN5. The quantitative estimate of drug-likeness (QED) is 0.832. The fraction of sp³-hybridized carbons (Fsp3) is 0.600. The summed E-state index contributed by atoms with van der Waals surface area (Å²) in [6, 6.07) is 0.548. The molecule has 2 rings (SSSR count). The van der Waals surface area contributed by atoms with Crippen LogP contribution in [0.3, 0.4) is 0 Å². The molecule has 1 fully saturated rings. The molecule has 6 heteroatoms. The van der Waals surface area contributed by atoms with Gasteiger partial charge in [0.25, 0.3) is 0 Å². The van der Waals surface area contributed by atoms with Crippen LogP contribution < -0.4 is 10.6 Å². The highest BCUT2D eigenvalue weighted by atomic mass is 35.5. The number of anilines is 2. The highest BCUT2D eigenvalue weighted by molar-refractivity contribution is 6.35. The van der Waals surface area contributed by atoms with Crippen LogP contribution >= 0.6 is 11.6 Å². The molecule has 1 atom stereocenters. The molecule has 2 heterocycles. The predicted molar refractivity (Wildman–Crippen MR) is 65.8 cm³/mol. The number of nitrogens with two attached hydrogens (primary N) is 1. The highest BCUT2D eigenvalue weighted by Gasteiger charge is 2.26. The average Bonchev–Trinajstić information content (AvgIpc) is 2.71. The molecule has 1 aliphatic rings. The lowest BCUT2D eigenvalue weighted by Crippen LogP contribution is -2.31. The smallest absolute Gasteiger partial charge is 0.153 e. The molecule has 16 heavy (non-hydrogen) atoms. The molecule has 2 N–H and O–H groups in total. The van der Waals surface area contributed by atoms with E-state index in [1.807, 2.05) is 0 Å². The minimum absolute atomic E-state index is 0.347. The Morgan fingerprint density at radius 2 is 2.25 bits per heavy atom. The van der Waals surface area contributed by atoms with E-state index >= 15 is 0 Å². The Bertz CT molecular complexity index is 381. The summed E-state index contributed by atoms with van der Waals surface area (Å²) in [5.41, 5.74) is 5.66. The Labute approximate surface area is 100 Å². The van der Waals surface area contributed by atoms with Crippen molar-refractivity contribution in [3.05, 3.63) is 11.3 Å². The van der Waals surface area contributed by atoms with Gasteiger partial charge in [0.1, 0.15) is 17.2 Å². The summed E-state index contributed by atoms with van der Waals surface area (Å²) in [7, 11) is 4.17. The van der Waals surface area contributed by atoms with Crippen molar-refractivity contribution in [2.45, 2.75) is 12.5 Å². The summed E-state index contributed by atoms with van der Waals surface area (Å²) < 4.78 is 0. The Kier molecular flexibility index (Phi) is 3.16. The standard InChI is InChI=1S/C10H16ClN5/c1-15(2)7-3-4-16(5-7)10-8(11)9(12)13-6-14-10/h6-7H,3-5H2,1-2H3,(H2,12,13,14). The SMILES string of the molecule is CN(C)C1CCN(c2ncnc(N)c2Cl)C1. The van der Waals surface area contributed by atoms with Crippen LogP contribution in [-0.2, 0) is 0 Å². The van der Waals surface area contributed by atoms with Crippen molar-refractivity contribution in [1.29, 1.82) is 0 Å². The zero-order valence-corrected chi connectivity index (χ0v) is 10.3. The van der Waals surface area contributed by atoms with E-state index in [-0.39, 0.29) is 0 Å². The molecule has 88 valence electrons. The molecule has 0 amide bonds. The van der Waals surface area contributed by atoms with E-state index in [0.717, 1.165) is 25.3 Å². The summed E-state index contributed by atoms with van der Waals surface area (Å²) in [6.07, 6.45) is 2.58. The van der Waals surface area contributed by atoms with Gasteiger partial charge in [-0.05, 0) is 20.5 Å². The van der Waals surface area contributed by atoms with Crippen molar-refractivity contribution in [1.82, 2.24) is 14.9 Å². The molecule has 0 saturated carbocycles. The van der Waals surface area contributed by atoms with Gasteiger partial charge in [0.05, 0.1) is 0 Å². The lowest BCUT2D eigenvalue weighted by Gasteiger charge is -2.21. The van der Waals surface area contributed by atoms with Crippen molar-refractivity contribution in [2.75, 3.05) is 37.8 Å². The maximum atomic E-state index is 6.10. The molecule has 0 aliphatic carbocycles. The second kappa shape index (κ2) is 4.43. The molecule has 0 spiro atoms. The van der Waals surface area contributed by atoms with Crippen LogP contribution in [-0.4, -0.2) is 48.1 Å². The second-order valence-electron chi connectivity index (χ2n) is 4.25. The van der Waals surface area contributed by atoms with E-state index in [1.165, 1.54) is 6.33 Å². The van der Waals surface area contributed by atoms with Gasteiger partial charge >= 0.3 is 0 Å². The summed E-state index contributed by atoms with van der Waals surface area (Å²) >= 11 is 6.10. The number of hydrogen-bond donors (Lipinski definition) is 1. The minimum atomic E-state index is 0.347. The second-order valence-corrected chi connectivity index (χ2v) is 4.63. The summed E-state index contributed by atoms with van der Waals surface area (Å²) in [4.78, 5) is 12.4. The number of nitrogen functional groups attached to an aromatic ring is 1. The van der Waals surface area contributed by atoms with Crippen molar-refractivity contribution >= 4 is 23.2 Å². The van der Waals surface area contributed by atoms with Crippen molar-refractivity contribution in [3.63, 3.8) is 0 Å². The fourth-order valence-corrected chi connectivity index (χ4v) is 2.17. The van der Waals surface area contributed by atoms with Gasteiger partial charge in [-0.2, -0.15) is 0 Å². The van der Waals surface area contributed by atoms with Crippen LogP contribution in [0.2, 0.25) is 5.02 Å². The molecule has 0 bridgehead atoms. The van der Waals surface area contributed by atoms with Crippen molar-refractivity contribution in [2.24, 2.45) is 0 Å². The summed E-state index contributed by atoms with van der Waals surface area (Å²) in [6.45, 7) is 1.89. The average molecular weight is 242 g/mol. The number of hydrogen-bond acceptors (Lipinski definition) is 5. The molecule has 1 aromatic rings. The summed E-state index contributed by atoms with van der Waals surface area (Å²) in [5.74, 6) is 1.10. The normalized spacial score (nSPS) is 20.8. The molecule has 5 nitrogen and oxygen atoms in total. The third-order valence-electron chi connectivity index (χ3n) is 2.99. The first-order chi connectivity index (χ1) is 7.59. The zero-order chi connectivity index (χ0) is 11.7.